The van der Waals surface area contributed by atoms with Crippen LogP contribution in [0.1, 0.15) is 46.5 Å². The Hall–Kier alpha value is -0.610. The van der Waals surface area contributed by atoms with Crippen LogP contribution in [-0.2, 0) is 9.53 Å². The van der Waals surface area contributed by atoms with Gasteiger partial charge in [0.05, 0.1) is 12.2 Å². The summed E-state index contributed by atoms with van der Waals surface area (Å²) in [6, 6.07) is 0. The summed E-state index contributed by atoms with van der Waals surface area (Å²) in [4.78, 5) is 14.1. The van der Waals surface area contributed by atoms with Gasteiger partial charge < -0.3 is 14.7 Å². The van der Waals surface area contributed by atoms with Crippen molar-refractivity contribution in [3.63, 3.8) is 0 Å². The van der Waals surface area contributed by atoms with E-state index >= 15 is 0 Å². The molecule has 0 bridgehead atoms. The van der Waals surface area contributed by atoms with E-state index in [0.29, 0.717) is 6.61 Å². The smallest absolute Gasteiger partial charge is 0.225 e. The normalized spacial score (nSPS) is 31.1. The lowest BCUT2D eigenvalue weighted by Gasteiger charge is -2.56. The van der Waals surface area contributed by atoms with E-state index in [0.717, 1.165) is 38.8 Å². The summed E-state index contributed by atoms with van der Waals surface area (Å²) in [6.45, 7) is 8.28. The van der Waals surface area contributed by atoms with E-state index in [4.69, 9.17) is 4.74 Å². The summed E-state index contributed by atoms with van der Waals surface area (Å²) in [6.07, 6.45) is 3.35. The van der Waals surface area contributed by atoms with Crippen LogP contribution < -0.4 is 0 Å². The molecule has 0 aromatic rings. The second-order valence-corrected chi connectivity index (χ2v) is 6.06. The Morgan fingerprint density at radius 2 is 2.05 bits per heavy atom. The van der Waals surface area contributed by atoms with Gasteiger partial charge in [-0.25, -0.2) is 0 Å². The Balaban J connectivity index is 1.93. The molecule has 3 unspecified atom stereocenters. The molecule has 1 amide bonds. The van der Waals surface area contributed by atoms with Crippen molar-refractivity contribution in [3.05, 3.63) is 0 Å². The van der Waals surface area contributed by atoms with Crippen LogP contribution in [0.4, 0.5) is 0 Å². The Morgan fingerprint density at radius 1 is 1.42 bits per heavy atom. The quantitative estimate of drug-likeness (QED) is 0.847. The maximum absolute atomic E-state index is 12.2. The van der Waals surface area contributed by atoms with E-state index in [1.54, 1.807) is 0 Å². The number of ether oxygens (including phenoxy) is 1. The highest BCUT2D eigenvalue weighted by Crippen LogP contribution is 2.51. The van der Waals surface area contributed by atoms with Gasteiger partial charge >= 0.3 is 0 Å². The third-order valence-corrected chi connectivity index (χ3v) is 5.15. The van der Waals surface area contributed by atoms with Crippen molar-refractivity contribution in [1.29, 1.82) is 0 Å². The fourth-order valence-electron chi connectivity index (χ4n) is 3.45. The summed E-state index contributed by atoms with van der Waals surface area (Å²) in [5, 5.41) is 10.1. The Kier molecular flexibility index (Phi) is 4.51. The highest BCUT2D eigenvalue weighted by Gasteiger charge is 2.56. The molecule has 4 heteroatoms. The third kappa shape index (κ3) is 2.52. The van der Waals surface area contributed by atoms with E-state index in [2.05, 4.69) is 6.92 Å². The second kappa shape index (κ2) is 5.80. The van der Waals surface area contributed by atoms with Crippen LogP contribution in [0, 0.1) is 11.3 Å². The van der Waals surface area contributed by atoms with Gasteiger partial charge in [0.2, 0.25) is 5.91 Å². The van der Waals surface area contributed by atoms with Crippen LogP contribution in [0.5, 0.6) is 0 Å². The summed E-state index contributed by atoms with van der Waals surface area (Å²) in [5.41, 5.74) is -0.0811. The zero-order valence-electron chi connectivity index (χ0n) is 12.4. The molecule has 110 valence electrons. The average Bonchev–Trinajstić information content (AvgIpc) is 2.45. The number of hydrogen-bond acceptors (Lipinski definition) is 3. The number of aliphatic hydroxyl groups excluding tert-OH is 1. The molecule has 1 saturated carbocycles. The number of piperidine rings is 1. The van der Waals surface area contributed by atoms with Gasteiger partial charge in [-0.1, -0.05) is 13.8 Å². The lowest BCUT2D eigenvalue weighted by molar-refractivity contribution is -0.210. The summed E-state index contributed by atoms with van der Waals surface area (Å²) in [7, 11) is 0. The first-order chi connectivity index (χ1) is 9.05. The zero-order chi connectivity index (χ0) is 14.0. The predicted octanol–water partition coefficient (Wildman–Crippen LogP) is 1.81. The third-order valence-electron chi connectivity index (χ3n) is 5.15. The fourth-order valence-corrected chi connectivity index (χ4v) is 3.45. The SMILES string of the molecule is CCOC1CC(O)C12CCN(C(=O)C(C)CC)CC2. The molecule has 1 saturated heterocycles. The molecule has 1 N–H and O–H groups in total. The van der Waals surface area contributed by atoms with Crippen LogP contribution in [0.3, 0.4) is 0 Å². The largest absolute Gasteiger partial charge is 0.392 e. The van der Waals surface area contributed by atoms with E-state index in [1.807, 2.05) is 18.7 Å². The van der Waals surface area contributed by atoms with Crippen molar-refractivity contribution in [3.8, 4) is 0 Å². The summed E-state index contributed by atoms with van der Waals surface area (Å²) < 4.78 is 5.74. The van der Waals surface area contributed by atoms with Crippen molar-refractivity contribution in [2.75, 3.05) is 19.7 Å². The number of likely N-dealkylation sites (tertiary alicyclic amines) is 1. The molecule has 2 fully saturated rings. The molecule has 2 rings (SSSR count). The second-order valence-electron chi connectivity index (χ2n) is 6.06. The first-order valence-corrected chi connectivity index (χ1v) is 7.63. The zero-order valence-corrected chi connectivity index (χ0v) is 12.4. The highest BCUT2D eigenvalue weighted by atomic mass is 16.5. The number of aliphatic hydroxyl groups is 1. The van der Waals surface area contributed by atoms with Gasteiger partial charge in [0, 0.05) is 37.5 Å². The van der Waals surface area contributed by atoms with E-state index in [9.17, 15) is 9.90 Å². The standard InChI is InChI=1S/C15H27NO3/c1-4-11(3)14(18)16-8-6-15(7-9-16)12(17)10-13(15)19-5-2/h11-13,17H,4-10H2,1-3H3. The topological polar surface area (TPSA) is 49.8 Å². The van der Waals surface area contributed by atoms with Gasteiger partial charge in [-0.2, -0.15) is 0 Å². The van der Waals surface area contributed by atoms with Gasteiger partial charge in [0.1, 0.15) is 0 Å². The summed E-state index contributed by atoms with van der Waals surface area (Å²) >= 11 is 0. The highest BCUT2D eigenvalue weighted by molar-refractivity contribution is 5.78. The first kappa shape index (κ1) is 14.8. The number of amides is 1. The van der Waals surface area contributed by atoms with E-state index in [-0.39, 0.29) is 29.4 Å². The summed E-state index contributed by atoms with van der Waals surface area (Å²) in [5.74, 6) is 0.377. The number of nitrogens with zero attached hydrogens (tertiary/aromatic N) is 1. The minimum atomic E-state index is -0.245. The lowest BCUT2D eigenvalue weighted by Crippen LogP contribution is -2.63. The maximum atomic E-state index is 12.2. The molecule has 1 heterocycles. The molecule has 4 nitrogen and oxygen atoms in total. The first-order valence-electron chi connectivity index (χ1n) is 7.63. The number of carbonyl (C=O) groups is 1. The van der Waals surface area contributed by atoms with Gasteiger partial charge in [0.15, 0.2) is 0 Å². The molecule has 1 aliphatic heterocycles. The molecule has 0 aromatic heterocycles. The lowest BCUT2D eigenvalue weighted by atomic mass is 9.58. The van der Waals surface area contributed by atoms with Gasteiger partial charge in [-0.05, 0) is 26.2 Å². The van der Waals surface area contributed by atoms with Crippen LogP contribution in [-0.4, -0.2) is 47.8 Å². The van der Waals surface area contributed by atoms with Crippen LogP contribution in [0.25, 0.3) is 0 Å². The number of hydrogen-bond donors (Lipinski definition) is 1. The van der Waals surface area contributed by atoms with Crippen molar-refractivity contribution in [2.45, 2.75) is 58.7 Å². The van der Waals surface area contributed by atoms with Crippen molar-refractivity contribution in [2.24, 2.45) is 11.3 Å². The fraction of sp³-hybridized carbons (Fsp3) is 0.933. The van der Waals surface area contributed by atoms with Crippen molar-refractivity contribution < 1.29 is 14.6 Å². The molecule has 1 aliphatic carbocycles. The minimum Gasteiger partial charge on any atom is -0.392 e. The van der Waals surface area contributed by atoms with Gasteiger partial charge in [-0.3, -0.25) is 4.79 Å². The molecule has 3 atom stereocenters. The minimum absolute atomic E-state index is 0.0811. The number of carbonyl (C=O) groups excluding carboxylic acids is 1. The monoisotopic (exact) mass is 269 g/mol. The van der Waals surface area contributed by atoms with E-state index in [1.165, 1.54) is 0 Å². The van der Waals surface area contributed by atoms with Gasteiger partial charge in [-0.15, -0.1) is 0 Å². The van der Waals surface area contributed by atoms with Crippen molar-refractivity contribution >= 4 is 5.91 Å². The Bertz CT molecular complexity index is 321. The molecule has 0 aromatic carbocycles. The van der Waals surface area contributed by atoms with Crippen LogP contribution in [0.2, 0.25) is 0 Å². The molecular formula is C15H27NO3. The molecule has 1 spiro atoms. The number of rotatable bonds is 4. The van der Waals surface area contributed by atoms with Gasteiger partial charge in [0.25, 0.3) is 0 Å². The van der Waals surface area contributed by atoms with Crippen molar-refractivity contribution in [1.82, 2.24) is 4.90 Å². The molecular weight excluding hydrogens is 242 g/mol. The van der Waals surface area contributed by atoms with Crippen LogP contribution >= 0.6 is 0 Å². The maximum Gasteiger partial charge on any atom is 0.225 e. The van der Waals surface area contributed by atoms with E-state index < -0.39 is 0 Å². The average molecular weight is 269 g/mol. The molecule has 2 aliphatic rings. The molecule has 19 heavy (non-hydrogen) atoms. The Labute approximate surface area is 116 Å². The molecule has 0 radical (unpaired) electrons. The Morgan fingerprint density at radius 3 is 2.53 bits per heavy atom. The predicted molar refractivity (Wildman–Crippen MR) is 73.7 cm³/mol. The van der Waals surface area contributed by atoms with Crippen LogP contribution in [0.15, 0.2) is 0 Å².